The molecule has 2 rings (SSSR count). The van der Waals surface area contributed by atoms with Crippen molar-refractivity contribution >= 4 is 0 Å². The van der Waals surface area contributed by atoms with Crippen LogP contribution < -0.4 is 5.32 Å². The van der Waals surface area contributed by atoms with E-state index in [1.54, 1.807) is 12.4 Å². The Morgan fingerprint density at radius 3 is 2.30 bits per heavy atom. The summed E-state index contributed by atoms with van der Waals surface area (Å²) < 4.78 is 0. The summed E-state index contributed by atoms with van der Waals surface area (Å²) in [5.41, 5.74) is 5.75. The van der Waals surface area contributed by atoms with Crippen molar-refractivity contribution in [3.63, 3.8) is 0 Å². The van der Waals surface area contributed by atoms with E-state index >= 15 is 0 Å². The van der Waals surface area contributed by atoms with E-state index in [1.165, 1.54) is 11.1 Å². The maximum atomic E-state index is 10.4. The Bertz CT molecular complexity index is 543. The van der Waals surface area contributed by atoms with Gasteiger partial charge in [-0.1, -0.05) is 17.7 Å². The molecule has 2 N–H and O–H groups in total. The molecule has 0 bridgehead atoms. The molecule has 0 spiro atoms. The zero-order valence-corrected chi connectivity index (χ0v) is 12.4. The Labute approximate surface area is 120 Å². The van der Waals surface area contributed by atoms with Crippen LogP contribution in [0.3, 0.4) is 0 Å². The van der Waals surface area contributed by atoms with Gasteiger partial charge in [0.1, 0.15) is 0 Å². The second-order valence-electron chi connectivity index (χ2n) is 5.31. The summed E-state index contributed by atoms with van der Waals surface area (Å²) in [6, 6.07) is 8.19. The predicted octanol–water partition coefficient (Wildman–Crippen LogP) is 2.83. The van der Waals surface area contributed by atoms with Crippen molar-refractivity contribution in [1.82, 2.24) is 10.3 Å². The van der Waals surface area contributed by atoms with Crippen molar-refractivity contribution in [2.75, 3.05) is 6.54 Å². The first-order valence-electron chi connectivity index (χ1n) is 6.93. The summed E-state index contributed by atoms with van der Waals surface area (Å²) in [6.45, 7) is 7.48. The maximum Gasteiger partial charge on any atom is 0.0919 e. The Balaban J connectivity index is 1.97. The van der Waals surface area contributed by atoms with Gasteiger partial charge in [0.15, 0.2) is 0 Å². The molecule has 0 aliphatic carbocycles. The van der Waals surface area contributed by atoms with Crippen LogP contribution >= 0.6 is 0 Å². The second kappa shape index (κ2) is 6.64. The van der Waals surface area contributed by atoms with Gasteiger partial charge >= 0.3 is 0 Å². The van der Waals surface area contributed by atoms with E-state index in [0.29, 0.717) is 6.54 Å². The van der Waals surface area contributed by atoms with Gasteiger partial charge in [-0.3, -0.25) is 4.98 Å². The Kier molecular flexibility index (Phi) is 4.88. The third-order valence-corrected chi connectivity index (χ3v) is 3.49. The molecule has 1 unspecified atom stereocenters. The van der Waals surface area contributed by atoms with E-state index in [-0.39, 0.29) is 0 Å². The molecule has 0 aliphatic heterocycles. The summed E-state index contributed by atoms with van der Waals surface area (Å²) in [5, 5.41) is 13.7. The fourth-order valence-electron chi connectivity index (χ4n) is 2.67. The van der Waals surface area contributed by atoms with E-state index in [9.17, 15) is 5.11 Å². The van der Waals surface area contributed by atoms with Crippen LogP contribution in [0.1, 0.15) is 33.9 Å². The van der Waals surface area contributed by atoms with Crippen LogP contribution in [0, 0.1) is 20.8 Å². The van der Waals surface area contributed by atoms with Crippen molar-refractivity contribution in [1.29, 1.82) is 0 Å². The van der Waals surface area contributed by atoms with Gasteiger partial charge in [0, 0.05) is 25.5 Å². The summed E-state index contributed by atoms with van der Waals surface area (Å²) in [4.78, 5) is 3.99. The smallest absolute Gasteiger partial charge is 0.0919 e. The average molecular weight is 270 g/mol. The molecule has 0 saturated heterocycles. The highest BCUT2D eigenvalue weighted by atomic mass is 16.3. The molecule has 0 amide bonds. The normalized spacial score (nSPS) is 12.4. The van der Waals surface area contributed by atoms with Crippen LogP contribution in [0.5, 0.6) is 0 Å². The second-order valence-corrected chi connectivity index (χ2v) is 5.31. The SMILES string of the molecule is Cc1cc(C)c(C(O)CNCc2ccncc2)c(C)c1. The third-order valence-electron chi connectivity index (χ3n) is 3.49. The molecule has 1 heterocycles. The van der Waals surface area contributed by atoms with Gasteiger partial charge in [0.2, 0.25) is 0 Å². The van der Waals surface area contributed by atoms with E-state index in [2.05, 4.69) is 43.2 Å². The first kappa shape index (κ1) is 14.7. The van der Waals surface area contributed by atoms with Crippen molar-refractivity contribution in [2.24, 2.45) is 0 Å². The van der Waals surface area contributed by atoms with E-state index in [1.807, 2.05) is 12.1 Å². The largest absolute Gasteiger partial charge is 0.387 e. The van der Waals surface area contributed by atoms with E-state index < -0.39 is 6.10 Å². The van der Waals surface area contributed by atoms with Gasteiger partial charge in [-0.25, -0.2) is 0 Å². The zero-order chi connectivity index (χ0) is 14.5. The van der Waals surface area contributed by atoms with Crippen LogP contribution in [0.15, 0.2) is 36.7 Å². The number of nitrogens with zero attached hydrogens (tertiary/aromatic N) is 1. The monoisotopic (exact) mass is 270 g/mol. The van der Waals surface area contributed by atoms with Crippen LogP contribution in [0.4, 0.5) is 0 Å². The van der Waals surface area contributed by atoms with Crippen LogP contribution in [0.25, 0.3) is 0 Å². The fraction of sp³-hybridized carbons (Fsp3) is 0.353. The number of aliphatic hydroxyl groups excluding tert-OH is 1. The zero-order valence-electron chi connectivity index (χ0n) is 12.4. The number of hydrogen-bond acceptors (Lipinski definition) is 3. The molecular formula is C17H22N2O. The standard InChI is InChI=1S/C17H22N2O/c1-12-8-13(2)17(14(3)9-12)16(20)11-19-10-15-4-6-18-7-5-15/h4-9,16,19-20H,10-11H2,1-3H3. The maximum absolute atomic E-state index is 10.4. The lowest BCUT2D eigenvalue weighted by atomic mass is 9.95. The first-order valence-corrected chi connectivity index (χ1v) is 6.93. The topological polar surface area (TPSA) is 45.1 Å². The number of aliphatic hydroxyl groups is 1. The molecule has 1 atom stereocenters. The average Bonchev–Trinajstić information content (AvgIpc) is 2.38. The van der Waals surface area contributed by atoms with Gasteiger partial charge in [-0.05, 0) is 55.2 Å². The summed E-state index contributed by atoms with van der Waals surface area (Å²) in [7, 11) is 0. The van der Waals surface area contributed by atoms with Crippen molar-refractivity contribution < 1.29 is 5.11 Å². The Morgan fingerprint density at radius 1 is 1.10 bits per heavy atom. The molecule has 3 heteroatoms. The van der Waals surface area contributed by atoms with Crippen molar-refractivity contribution in [2.45, 2.75) is 33.4 Å². The molecule has 3 nitrogen and oxygen atoms in total. The number of benzene rings is 1. The lowest BCUT2D eigenvalue weighted by Gasteiger charge is -2.18. The lowest BCUT2D eigenvalue weighted by molar-refractivity contribution is 0.173. The van der Waals surface area contributed by atoms with Gasteiger partial charge < -0.3 is 10.4 Å². The molecule has 1 aromatic carbocycles. The molecule has 20 heavy (non-hydrogen) atoms. The quantitative estimate of drug-likeness (QED) is 0.878. The number of nitrogens with one attached hydrogen (secondary N) is 1. The minimum absolute atomic E-state index is 0.475. The van der Waals surface area contributed by atoms with Crippen LogP contribution in [-0.2, 0) is 6.54 Å². The minimum atomic E-state index is -0.475. The van der Waals surface area contributed by atoms with Gasteiger partial charge in [0.25, 0.3) is 0 Å². The molecule has 0 fully saturated rings. The molecular weight excluding hydrogens is 248 g/mol. The molecule has 2 aromatic rings. The van der Waals surface area contributed by atoms with Crippen molar-refractivity contribution in [3.8, 4) is 0 Å². The third kappa shape index (κ3) is 3.65. The van der Waals surface area contributed by atoms with E-state index in [4.69, 9.17) is 0 Å². The van der Waals surface area contributed by atoms with Gasteiger partial charge in [-0.2, -0.15) is 0 Å². The Morgan fingerprint density at radius 2 is 1.70 bits per heavy atom. The van der Waals surface area contributed by atoms with Gasteiger partial charge in [0.05, 0.1) is 6.10 Å². The summed E-state index contributed by atoms with van der Waals surface area (Å²) >= 11 is 0. The fourth-order valence-corrected chi connectivity index (χ4v) is 2.67. The predicted molar refractivity (Wildman–Crippen MR) is 81.6 cm³/mol. The lowest BCUT2D eigenvalue weighted by Crippen LogP contribution is -2.22. The number of rotatable bonds is 5. The first-order chi connectivity index (χ1) is 9.58. The number of hydrogen-bond donors (Lipinski definition) is 2. The highest BCUT2D eigenvalue weighted by molar-refractivity contribution is 5.39. The number of aryl methyl sites for hydroxylation is 3. The van der Waals surface area contributed by atoms with Crippen LogP contribution in [-0.4, -0.2) is 16.6 Å². The molecule has 1 aromatic heterocycles. The summed E-state index contributed by atoms with van der Waals surface area (Å²) in [5.74, 6) is 0. The molecule has 0 radical (unpaired) electrons. The molecule has 106 valence electrons. The van der Waals surface area contributed by atoms with E-state index in [0.717, 1.165) is 23.2 Å². The minimum Gasteiger partial charge on any atom is -0.387 e. The molecule has 0 aliphatic rings. The van der Waals surface area contributed by atoms with Gasteiger partial charge in [-0.15, -0.1) is 0 Å². The molecule has 0 saturated carbocycles. The highest BCUT2D eigenvalue weighted by Gasteiger charge is 2.13. The summed E-state index contributed by atoms with van der Waals surface area (Å²) in [6.07, 6.45) is 3.08. The highest BCUT2D eigenvalue weighted by Crippen LogP contribution is 2.23. The van der Waals surface area contributed by atoms with Crippen LogP contribution in [0.2, 0.25) is 0 Å². The van der Waals surface area contributed by atoms with Crippen molar-refractivity contribution in [3.05, 3.63) is 64.5 Å². The number of pyridine rings is 1. The number of aromatic nitrogens is 1. The Hall–Kier alpha value is -1.71.